The molecule has 3 aromatic rings. The smallest absolute Gasteiger partial charge is 0.149 e. The number of nitrogens with zero attached hydrogens (tertiary/aromatic N) is 2. The van der Waals surface area contributed by atoms with E-state index in [1.807, 2.05) is 25.4 Å². The first kappa shape index (κ1) is 18.4. The SMILES string of the molecule is Cc1ccc([C@H](C)CN[C@H](c2ccccc2)[C@H]2CNc3cccnc3N2)cn1. The molecule has 5 nitrogen and oxygen atoms in total. The third-order valence-electron chi connectivity index (χ3n) is 5.35. The van der Waals surface area contributed by atoms with Crippen LogP contribution in [0.15, 0.2) is 67.0 Å². The van der Waals surface area contributed by atoms with Crippen molar-refractivity contribution in [1.29, 1.82) is 0 Å². The van der Waals surface area contributed by atoms with Crippen molar-refractivity contribution in [2.45, 2.75) is 31.8 Å². The van der Waals surface area contributed by atoms with Crippen molar-refractivity contribution in [3.63, 3.8) is 0 Å². The summed E-state index contributed by atoms with van der Waals surface area (Å²) < 4.78 is 0. The van der Waals surface area contributed by atoms with Crippen LogP contribution >= 0.6 is 0 Å². The van der Waals surface area contributed by atoms with E-state index < -0.39 is 0 Å². The lowest BCUT2D eigenvalue weighted by Gasteiger charge is -2.35. The molecule has 28 heavy (non-hydrogen) atoms. The van der Waals surface area contributed by atoms with E-state index in [-0.39, 0.29) is 12.1 Å². The maximum atomic E-state index is 4.49. The molecule has 3 atom stereocenters. The Balaban J connectivity index is 1.51. The largest absolute Gasteiger partial charge is 0.380 e. The number of fused-ring (bicyclic) bond motifs is 1. The second-order valence-electron chi connectivity index (χ2n) is 7.46. The minimum atomic E-state index is 0.171. The molecule has 1 aliphatic heterocycles. The van der Waals surface area contributed by atoms with Crippen molar-refractivity contribution in [3.05, 3.63) is 83.8 Å². The second-order valence-corrected chi connectivity index (χ2v) is 7.46. The minimum Gasteiger partial charge on any atom is -0.380 e. The van der Waals surface area contributed by atoms with E-state index in [4.69, 9.17) is 0 Å². The lowest BCUT2D eigenvalue weighted by molar-refractivity contribution is 0.453. The molecule has 0 spiro atoms. The molecule has 3 heterocycles. The summed E-state index contributed by atoms with van der Waals surface area (Å²) in [5.41, 5.74) is 4.64. The quantitative estimate of drug-likeness (QED) is 0.607. The van der Waals surface area contributed by atoms with Gasteiger partial charge in [-0.2, -0.15) is 0 Å². The van der Waals surface area contributed by atoms with Crippen molar-refractivity contribution in [3.8, 4) is 0 Å². The molecule has 0 fully saturated rings. The molecule has 144 valence electrons. The minimum absolute atomic E-state index is 0.171. The zero-order valence-corrected chi connectivity index (χ0v) is 16.4. The Kier molecular flexibility index (Phi) is 5.53. The van der Waals surface area contributed by atoms with Gasteiger partial charge in [-0.15, -0.1) is 0 Å². The zero-order chi connectivity index (χ0) is 19.3. The summed E-state index contributed by atoms with van der Waals surface area (Å²) in [5, 5.41) is 10.9. The van der Waals surface area contributed by atoms with Crippen LogP contribution < -0.4 is 16.0 Å². The van der Waals surface area contributed by atoms with Crippen molar-refractivity contribution in [2.75, 3.05) is 23.7 Å². The highest BCUT2D eigenvalue weighted by atomic mass is 15.2. The Morgan fingerprint density at radius 3 is 2.68 bits per heavy atom. The van der Waals surface area contributed by atoms with Gasteiger partial charge in [0.05, 0.1) is 17.8 Å². The molecule has 0 unspecified atom stereocenters. The second kappa shape index (κ2) is 8.40. The fourth-order valence-electron chi connectivity index (χ4n) is 3.66. The van der Waals surface area contributed by atoms with Gasteiger partial charge in [-0.05, 0) is 42.2 Å². The van der Waals surface area contributed by atoms with E-state index in [1.54, 1.807) is 0 Å². The van der Waals surface area contributed by atoms with Crippen LogP contribution in [0.4, 0.5) is 11.5 Å². The molecule has 0 bridgehead atoms. The molecular formula is C23H27N5. The molecule has 3 N–H and O–H groups in total. The number of hydrogen-bond donors (Lipinski definition) is 3. The first-order valence-electron chi connectivity index (χ1n) is 9.87. The topological polar surface area (TPSA) is 61.9 Å². The Morgan fingerprint density at radius 1 is 1.04 bits per heavy atom. The molecule has 0 saturated heterocycles. The highest BCUT2D eigenvalue weighted by molar-refractivity contribution is 5.67. The van der Waals surface area contributed by atoms with Gasteiger partial charge in [0.1, 0.15) is 5.82 Å². The molecule has 2 aromatic heterocycles. The van der Waals surface area contributed by atoms with Gasteiger partial charge < -0.3 is 16.0 Å². The van der Waals surface area contributed by atoms with E-state index in [0.29, 0.717) is 5.92 Å². The number of pyridine rings is 2. The maximum Gasteiger partial charge on any atom is 0.149 e. The lowest BCUT2D eigenvalue weighted by Crippen LogP contribution is -2.45. The van der Waals surface area contributed by atoms with Crippen LogP contribution in [0.1, 0.15) is 35.7 Å². The Morgan fingerprint density at radius 2 is 1.89 bits per heavy atom. The molecular weight excluding hydrogens is 346 g/mol. The monoisotopic (exact) mass is 373 g/mol. The van der Waals surface area contributed by atoms with Crippen molar-refractivity contribution >= 4 is 11.5 Å². The number of hydrogen-bond acceptors (Lipinski definition) is 5. The summed E-state index contributed by atoms with van der Waals surface area (Å²) in [6.45, 7) is 5.97. The molecule has 0 amide bonds. The predicted molar refractivity (Wildman–Crippen MR) is 115 cm³/mol. The fraction of sp³-hybridized carbons (Fsp3) is 0.304. The first-order chi connectivity index (χ1) is 13.7. The maximum absolute atomic E-state index is 4.49. The lowest BCUT2D eigenvalue weighted by atomic mass is 9.96. The highest BCUT2D eigenvalue weighted by Gasteiger charge is 2.27. The van der Waals surface area contributed by atoms with Gasteiger partial charge >= 0.3 is 0 Å². The van der Waals surface area contributed by atoms with E-state index in [1.165, 1.54) is 11.1 Å². The van der Waals surface area contributed by atoms with Gasteiger partial charge in [0.25, 0.3) is 0 Å². The van der Waals surface area contributed by atoms with Crippen LogP contribution in [0, 0.1) is 6.92 Å². The number of aromatic nitrogens is 2. The van der Waals surface area contributed by atoms with Gasteiger partial charge in [0.15, 0.2) is 0 Å². The third-order valence-corrected chi connectivity index (χ3v) is 5.35. The van der Waals surface area contributed by atoms with Gasteiger partial charge in [-0.3, -0.25) is 4.98 Å². The van der Waals surface area contributed by atoms with E-state index in [0.717, 1.165) is 30.3 Å². The summed E-state index contributed by atoms with van der Waals surface area (Å²) in [5.74, 6) is 1.29. The number of aryl methyl sites for hydroxylation is 1. The van der Waals surface area contributed by atoms with Crippen molar-refractivity contribution in [2.24, 2.45) is 0 Å². The van der Waals surface area contributed by atoms with Gasteiger partial charge in [0.2, 0.25) is 0 Å². The van der Waals surface area contributed by atoms with Gasteiger partial charge in [-0.25, -0.2) is 4.98 Å². The van der Waals surface area contributed by atoms with Crippen molar-refractivity contribution in [1.82, 2.24) is 15.3 Å². The van der Waals surface area contributed by atoms with Crippen LogP contribution in [0.5, 0.6) is 0 Å². The molecule has 4 rings (SSSR count). The van der Waals surface area contributed by atoms with E-state index >= 15 is 0 Å². The Bertz CT molecular complexity index is 894. The molecule has 1 aliphatic rings. The fourth-order valence-corrected chi connectivity index (χ4v) is 3.66. The molecule has 5 heteroatoms. The van der Waals surface area contributed by atoms with Crippen LogP contribution in [0.25, 0.3) is 0 Å². The third kappa shape index (κ3) is 4.15. The van der Waals surface area contributed by atoms with Crippen LogP contribution in [0.2, 0.25) is 0 Å². The Hall–Kier alpha value is -2.92. The summed E-state index contributed by atoms with van der Waals surface area (Å²) >= 11 is 0. The average Bonchev–Trinajstić information content (AvgIpc) is 2.75. The van der Waals surface area contributed by atoms with Crippen molar-refractivity contribution < 1.29 is 0 Å². The number of rotatable bonds is 6. The summed E-state index contributed by atoms with van der Waals surface area (Å²) in [7, 11) is 0. The summed E-state index contributed by atoms with van der Waals surface area (Å²) in [6.07, 6.45) is 3.81. The molecule has 0 saturated carbocycles. The normalized spacial score (nSPS) is 17.7. The highest BCUT2D eigenvalue weighted by Crippen LogP contribution is 2.28. The standard InChI is InChI=1S/C23H27N5/c1-16(19-11-10-17(2)25-14-19)13-27-22(18-7-4-3-5-8-18)21-15-26-20-9-6-12-24-23(20)28-21/h3-12,14,16,21-22,26-27H,13,15H2,1-2H3,(H,24,28)/t16-,21-,22-/m1/s1. The first-order valence-corrected chi connectivity index (χ1v) is 9.87. The van der Waals surface area contributed by atoms with Crippen LogP contribution in [-0.2, 0) is 0 Å². The number of benzene rings is 1. The zero-order valence-electron chi connectivity index (χ0n) is 16.4. The van der Waals surface area contributed by atoms with Crippen LogP contribution in [-0.4, -0.2) is 29.1 Å². The average molecular weight is 374 g/mol. The number of nitrogens with one attached hydrogen (secondary N) is 3. The summed E-state index contributed by atoms with van der Waals surface area (Å²) in [4.78, 5) is 8.93. The predicted octanol–water partition coefficient (Wildman–Crippen LogP) is 4.13. The number of anilines is 2. The summed E-state index contributed by atoms with van der Waals surface area (Å²) in [6, 6.07) is 19.3. The van der Waals surface area contributed by atoms with E-state index in [2.05, 4.69) is 81.4 Å². The molecule has 1 aromatic carbocycles. The Labute approximate surface area is 166 Å². The van der Waals surface area contributed by atoms with E-state index in [9.17, 15) is 0 Å². The molecule has 0 radical (unpaired) electrons. The van der Waals surface area contributed by atoms with Gasteiger partial charge in [0, 0.05) is 31.2 Å². The van der Waals surface area contributed by atoms with Crippen LogP contribution in [0.3, 0.4) is 0 Å². The molecule has 0 aliphatic carbocycles. The van der Waals surface area contributed by atoms with Gasteiger partial charge in [-0.1, -0.05) is 43.3 Å².